The number of nitrogens with zero attached hydrogens (tertiary/aromatic N) is 2. The van der Waals surface area contributed by atoms with E-state index in [4.69, 9.17) is 0 Å². The fourth-order valence-electron chi connectivity index (χ4n) is 2.98. The molecule has 1 heterocycles. The van der Waals surface area contributed by atoms with E-state index in [9.17, 15) is 9.90 Å². The van der Waals surface area contributed by atoms with Crippen molar-refractivity contribution in [2.24, 2.45) is 0 Å². The molecule has 3 N–H and O–H groups in total. The Hall–Kier alpha value is -3.16. The van der Waals surface area contributed by atoms with Crippen molar-refractivity contribution < 1.29 is 9.90 Å². The zero-order chi connectivity index (χ0) is 25.5. The Morgan fingerprint density at radius 3 is 2.50 bits per heavy atom. The summed E-state index contributed by atoms with van der Waals surface area (Å²) in [4.78, 5) is 13.1. The highest BCUT2D eigenvalue weighted by molar-refractivity contribution is 8.06. The lowest BCUT2D eigenvalue weighted by molar-refractivity contribution is -0.122. The van der Waals surface area contributed by atoms with Crippen LogP contribution in [0.1, 0.15) is 45.2 Å². The summed E-state index contributed by atoms with van der Waals surface area (Å²) in [6.45, 7) is 23.4. The van der Waals surface area contributed by atoms with Crippen molar-refractivity contribution in [2.45, 2.75) is 52.1 Å². The molecular weight excluding hydrogens is 444 g/mol. The topological polar surface area (TPSA) is 87.1 Å². The first kappa shape index (κ1) is 28.9. The maximum absolute atomic E-state index is 12.1. The van der Waals surface area contributed by atoms with Crippen molar-refractivity contribution >= 4 is 23.5 Å². The average Bonchev–Trinajstić information content (AvgIpc) is 2.78. The Morgan fingerprint density at radius 2 is 1.91 bits per heavy atom. The molecule has 6 nitrogen and oxygen atoms in total. The summed E-state index contributed by atoms with van der Waals surface area (Å²) in [6, 6.07) is 3.50. The van der Waals surface area contributed by atoms with Crippen LogP contribution in [0, 0.1) is 0 Å². The number of aliphatic hydroxyl groups is 1. The molecule has 182 valence electrons. The number of carbonyl (C=O) groups is 1. The number of amides is 1. The van der Waals surface area contributed by atoms with E-state index >= 15 is 0 Å². The first-order valence-electron chi connectivity index (χ1n) is 11.1. The van der Waals surface area contributed by atoms with Crippen molar-refractivity contribution in [3.63, 3.8) is 0 Å². The van der Waals surface area contributed by atoms with Crippen molar-refractivity contribution in [1.82, 2.24) is 15.5 Å². The molecule has 0 bridgehead atoms. The first-order chi connectivity index (χ1) is 16.2. The number of rotatable bonds is 16. The maximum atomic E-state index is 12.1. The van der Waals surface area contributed by atoms with Gasteiger partial charge >= 0.3 is 0 Å². The monoisotopic (exact) mass is 480 g/mol. The third-order valence-electron chi connectivity index (χ3n) is 4.67. The molecule has 1 aromatic heterocycles. The zero-order valence-electron chi connectivity index (χ0n) is 20.3. The molecule has 0 aromatic carbocycles. The van der Waals surface area contributed by atoms with Gasteiger partial charge in [-0.05, 0) is 67.7 Å². The van der Waals surface area contributed by atoms with Gasteiger partial charge in [0.1, 0.15) is 0 Å². The van der Waals surface area contributed by atoms with Gasteiger partial charge in [-0.15, -0.1) is 5.10 Å². The van der Waals surface area contributed by atoms with Gasteiger partial charge in [0.15, 0.2) is 11.9 Å². The molecule has 0 aliphatic heterocycles. The number of unbranched alkanes of at least 4 members (excludes halogenated alkanes) is 1. The van der Waals surface area contributed by atoms with Crippen LogP contribution in [0.4, 0.5) is 5.82 Å². The number of thioether (sulfide) groups is 1. The number of carbonyl (C=O) groups excluding carboxylic acids is 1. The van der Waals surface area contributed by atoms with Gasteiger partial charge in [0.25, 0.3) is 5.91 Å². The van der Waals surface area contributed by atoms with Gasteiger partial charge in [-0.3, -0.25) is 4.79 Å². The zero-order valence-corrected chi connectivity index (χ0v) is 21.1. The molecule has 7 heteroatoms. The van der Waals surface area contributed by atoms with E-state index in [2.05, 4.69) is 53.7 Å². The van der Waals surface area contributed by atoms with Crippen LogP contribution in [-0.2, 0) is 11.2 Å². The predicted molar refractivity (Wildman–Crippen MR) is 145 cm³/mol. The number of anilines is 1. The highest BCUT2D eigenvalue weighted by Gasteiger charge is 2.18. The third-order valence-corrected chi connectivity index (χ3v) is 5.51. The highest BCUT2D eigenvalue weighted by atomic mass is 32.2. The number of aryl methyl sites for hydroxylation is 1. The normalized spacial score (nSPS) is 12.1. The summed E-state index contributed by atoms with van der Waals surface area (Å²) < 4.78 is 0. The molecule has 0 radical (unpaired) electrons. The quantitative estimate of drug-likeness (QED) is 0.200. The van der Waals surface area contributed by atoms with Gasteiger partial charge in [0.2, 0.25) is 0 Å². The Balaban J connectivity index is 2.35. The number of allylic oxidation sites excluding steroid dienone is 5. The lowest BCUT2D eigenvalue weighted by atomic mass is 10.1. The number of aliphatic hydroxyl groups excluding tert-OH is 1. The van der Waals surface area contributed by atoms with Crippen LogP contribution in [0.2, 0.25) is 0 Å². The molecule has 1 unspecified atom stereocenters. The standard InChI is InChI=1S/C27H36N4O2S/c1-8-13-19(4)18-20(5)28-22(7)34-21(6)14-11-12-15-24-16-17-25(31-30-24)29-27(33)26(32)23(9-2)10-3/h8-10,13,16-17,26,28,32H,2,4-7,11-12,14-15,18H2,1,3H3,(H,29,31,33)/b13-8-,23-10+. The number of hydrogen-bond donors (Lipinski definition) is 3. The van der Waals surface area contributed by atoms with Crippen molar-refractivity contribution in [3.05, 3.63) is 102 Å². The van der Waals surface area contributed by atoms with Crippen LogP contribution in [0.15, 0.2) is 96.1 Å². The fourth-order valence-corrected chi connectivity index (χ4v) is 3.77. The van der Waals surface area contributed by atoms with Crippen molar-refractivity contribution in [1.29, 1.82) is 0 Å². The summed E-state index contributed by atoms with van der Waals surface area (Å²) in [5, 5.41) is 24.7. The molecular formula is C27H36N4O2S. The molecule has 0 saturated heterocycles. The number of hydrogen-bond acceptors (Lipinski definition) is 6. The maximum Gasteiger partial charge on any atom is 0.259 e. The average molecular weight is 481 g/mol. The van der Waals surface area contributed by atoms with E-state index in [-0.39, 0.29) is 0 Å². The number of nitrogens with one attached hydrogen (secondary N) is 2. The third kappa shape index (κ3) is 11.1. The van der Waals surface area contributed by atoms with E-state index in [1.807, 2.05) is 25.1 Å². The first-order valence-corrected chi connectivity index (χ1v) is 11.9. The van der Waals surface area contributed by atoms with Gasteiger partial charge in [-0.2, -0.15) is 5.10 Å². The second-order valence-electron chi connectivity index (χ2n) is 7.63. The molecule has 34 heavy (non-hydrogen) atoms. The van der Waals surface area contributed by atoms with Gasteiger partial charge in [0.05, 0.1) is 10.7 Å². The van der Waals surface area contributed by atoms with E-state index in [0.717, 1.165) is 52.6 Å². The lowest BCUT2D eigenvalue weighted by Gasteiger charge is -2.13. The van der Waals surface area contributed by atoms with Crippen molar-refractivity contribution in [2.75, 3.05) is 5.32 Å². The molecule has 0 aliphatic rings. The summed E-state index contributed by atoms with van der Waals surface area (Å²) >= 11 is 1.52. The second kappa shape index (κ2) is 15.6. The SMILES string of the molecule is C=C/C(=C\C)C(O)C(=O)Nc1ccc(CCCCC(=C)SC(=C)NC(=C)CC(=C)/C=C\C)nn1. The van der Waals surface area contributed by atoms with Crippen LogP contribution < -0.4 is 10.6 Å². The van der Waals surface area contributed by atoms with Crippen LogP contribution in [0.3, 0.4) is 0 Å². The molecule has 0 fully saturated rings. The minimum absolute atomic E-state index is 0.291. The van der Waals surface area contributed by atoms with Gasteiger partial charge in [-0.1, -0.05) is 69.0 Å². The van der Waals surface area contributed by atoms with E-state index in [1.165, 1.54) is 17.8 Å². The minimum atomic E-state index is -1.29. The molecule has 1 rings (SSSR count). The van der Waals surface area contributed by atoms with Gasteiger partial charge < -0.3 is 15.7 Å². The largest absolute Gasteiger partial charge is 0.378 e. The summed E-state index contributed by atoms with van der Waals surface area (Å²) in [5.74, 6) is -0.285. The predicted octanol–water partition coefficient (Wildman–Crippen LogP) is 5.96. The molecule has 1 aromatic rings. The van der Waals surface area contributed by atoms with Crippen LogP contribution in [-0.4, -0.2) is 27.3 Å². The lowest BCUT2D eigenvalue weighted by Crippen LogP contribution is -2.29. The van der Waals surface area contributed by atoms with E-state index in [1.54, 1.807) is 19.1 Å². The Labute approximate surface area is 208 Å². The molecule has 0 spiro atoms. The Morgan fingerprint density at radius 1 is 1.18 bits per heavy atom. The molecule has 1 atom stereocenters. The summed E-state index contributed by atoms with van der Waals surface area (Å²) in [6.07, 6.45) is 9.88. The van der Waals surface area contributed by atoms with E-state index in [0.29, 0.717) is 17.8 Å². The second-order valence-corrected chi connectivity index (χ2v) is 8.90. The fraction of sp³-hybridized carbons (Fsp3) is 0.296. The van der Waals surface area contributed by atoms with Crippen LogP contribution in [0.25, 0.3) is 0 Å². The van der Waals surface area contributed by atoms with E-state index < -0.39 is 12.0 Å². The van der Waals surface area contributed by atoms with Crippen LogP contribution in [0.5, 0.6) is 0 Å². The molecule has 0 saturated carbocycles. The molecule has 1 amide bonds. The number of aromatic nitrogens is 2. The van der Waals surface area contributed by atoms with Crippen molar-refractivity contribution in [3.8, 4) is 0 Å². The highest BCUT2D eigenvalue weighted by Crippen LogP contribution is 2.26. The van der Waals surface area contributed by atoms with Gasteiger partial charge in [0, 0.05) is 12.1 Å². The molecule has 0 aliphatic carbocycles. The smallest absolute Gasteiger partial charge is 0.259 e. The Bertz CT molecular complexity index is 961. The summed E-state index contributed by atoms with van der Waals surface area (Å²) in [5.41, 5.74) is 3.11. The minimum Gasteiger partial charge on any atom is -0.378 e. The summed E-state index contributed by atoms with van der Waals surface area (Å²) in [7, 11) is 0. The Kier molecular flexibility index (Phi) is 13.3. The van der Waals surface area contributed by atoms with Crippen LogP contribution >= 0.6 is 11.8 Å². The van der Waals surface area contributed by atoms with Gasteiger partial charge in [-0.25, -0.2) is 0 Å².